The summed E-state index contributed by atoms with van der Waals surface area (Å²) < 4.78 is 134. The molecule has 11 saturated heterocycles. The van der Waals surface area contributed by atoms with Gasteiger partial charge in [-0.25, -0.2) is 9.78 Å². The molecule has 32 unspecified atom stereocenters. The summed E-state index contributed by atoms with van der Waals surface area (Å²) in [5, 5.41) is 341. The zero-order valence-corrected chi connectivity index (χ0v) is 78.5. The molecule has 0 bridgehead atoms. The van der Waals surface area contributed by atoms with Gasteiger partial charge in [0.15, 0.2) is 69.2 Å². The van der Waals surface area contributed by atoms with E-state index in [4.69, 9.17) is 110 Å². The third-order valence-corrected chi connectivity index (χ3v) is 26.2. The number of nitrogens with two attached hydrogens (primary N) is 1. The minimum atomic E-state index is -2.76. The predicted molar refractivity (Wildman–Crippen MR) is 450 cm³/mol. The summed E-state index contributed by atoms with van der Waals surface area (Å²) in [4.78, 5) is 74.2. The summed E-state index contributed by atoms with van der Waals surface area (Å²) in [6.45, 7) is -7.68. The average Bonchev–Trinajstić information content (AvgIpc) is 0.752. The maximum Gasteiger partial charge on any atom is 0.217 e. The van der Waals surface area contributed by atoms with E-state index in [-0.39, 0.29) is 6.61 Å². The molecule has 11 rings (SSSR count). The van der Waals surface area contributed by atoms with Gasteiger partial charge in [-0.3, -0.25) is 34.5 Å². The molecular formula is C81H138N6O58. The van der Waals surface area contributed by atoms with Crippen molar-refractivity contribution in [1.82, 2.24) is 26.6 Å². The molecule has 55 atom stereocenters. The minimum Gasteiger partial charge on any atom is -0.394 e. The molecule has 0 radical (unpaired) electrons. The number of ether oxygens (including phenoxy) is 22. The van der Waals surface area contributed by atoms with Gasteiger partial charge in [0.2, 0.25) is 29.5 Å². The predicted octanol–water partition coefficient (Wildman–Crippen LogP) is -22.1. The molecule has 0 spiro atoms. The van der Waals surface area contributed by atoms with Crippen LogP contribution in [-0.4, -0.2) is 601 Å². The van der Waals surface area contributed by atoms with Crippen molar-refractivity contribution in [3.8, 4) is 0 Å². The van der Waals surface area contributed by atoms with E-state index in [0.29, 0.717) is 25.8 Å². The number of rotatable bonds is 44. The first-order valence-electron chi connectivity index (χ1n) is 46.6. The van der Waals surface area contributed by atoms with Crippen LogP contribution in [-0.2, 0) is 138 Å². The number of carbonyl (C=O) groups excluding carboxylic acids is 5. The number of nitrogens with one attached hydrogen (secondary N) is 5. The third kappa shape index (κ3) is 28.1. The molecule has 36 N–H and O–H groups in total. The Morgan fingerprint density at radius 1 is 0.221 bits per heavy atom. The van der Waals surface area contributed by atoms with Gasteiger partial charge >= 0.3 is 0 Å². The Bertz CT molecular complexity index is 3950. The molecular weight excluding hydrogens is 1980 g/mol. The Morgan fingerprint density at radius 3 is 0.779 bits per heavy atom. The highest BCUT2D eigenvalue weighted by molar-refractivity contribution is 5.75. The number of aliphatic hydroxyl groups is 27. The quantitative estimate of drug-likeness (QED) is 0.0153. The summed E-state index contributed by atoms with van der Waals surface area (Å²) in [7, 11) is 0. The van der Waals surface area contributed by atoms with Gasteiger partial charge in [0.05, 0.1) is 59.5 Å². The molecule has 11 aliphatic rings. The summed E-state index contributed by atoms with van der Waals surface area (Å²) in [6.07, 6.45) is -107. The molecule has 0 aromatic heterocycles. The van der Waals surface area contributed by atoms with Gasteiger partial charge in [0.1, 0.15) is 281 Å². The van der Waals surface area contributed by atoms with E-state index >= 15 is 0 Å². The van der Waals surface area contributed by atoms with Crippen molar-refractivity contribution in [3.63, 3.8) is 0 Å². The number of aliphatic hydroxyl groups excluding tert-OH is 27. The van der Waals surface area contributed by atoms with Gasteiger partial charge in [-0.05, 0) is 25.8 Å². The van der Waals surface area contributed by atoms with Crippen LogP contribution in [0.15, 0.2) is 0 Å². The standard InChI is InChI=1S/C81H138N6O58/c1-22(96)83-38-48(106)62(29(13-90)128-71(38)122-10-8-6-7-9-82)137-72-39(84-23(2)97)50(108)66(33(17-94)129-72)142-79-61(119)68(47(105)35(134-79)19-123-80-69(56(114)44(102)28(12-89)127-80)144-74-41(86-25(4)99)51(109)63(31(15-92)131-74)139-76-57(115)53(111)43(101)27(11-88)126-76)143-81-70(145-75-42(87-26(5)100)52(110)65(32(16-93)132-75)141-78-59(117)55(113)46(104)37(136-78)21-125-121)60(118)67(34(18-95)133-81)138-73-40(85-24(3)98)49(107)64(30(14-91)130-73)140-77-58(116)54(112)45(103)36(135-77)20-124-120/h27-81,88-95,101-121H,6-21,82H2,1-5H3,(H,83,96)(H,84,97)(H,85,98)(H,86,99)(H,87,100)/t27?,28?,29?,30?,31?,32?,33?,34?,35?,36?,37?,38?,39?,40?,41?,42?,43-,44+,45-,46-,47+,48?,49?,50?,51?,52?,53?,54?,55?,56-,57?,58?,59?,60?,61?,62+,63+,64+,65+,66+,67-,68?,69?,70?,71+,72-,73-,74-,75-,76-,77-,78-,79-,80-,81-/m0/s1. The third-order valence-electron chi connectivity index (χ3n) is 26.2. The number of hydrogen-bond acceptors (Lipinski definition) is 59. The van der Waals surface area contributed by atoms with Crippen LogP contribution in [0.25, 0.3) is 0 Å². The number of hydrogen-bond donors (Lipinski definition) is 35. The second kappa shape index (κ2) is 54.8. The lowest BCUT2D eigenvalue weighted by Gasteiger charge is -2.52. The maximum absolute atomic E-state index is 13.5. The van der Waals surface area contributed by atoms with Crippen LogP contribution in [0.2, 0.25) is 0 Å². The molecule has 0 aromatic carbocycles. The number of amides is 5. The molecule has 11 heterocycles. The first-order valence-corrected chi connectivity index (χ1v) is 46.6. The van der Waals surface area contributed by atoms with E-state index in [9.17, 15) is 172 Å². The van der Waals surface area contributed by atoms with Gasteiger partial charge in [0.25, 0.3) is 0 Å². The fourth-order valence-corrected chi connectivity index (χ4v) is 18.7. The molecule has 0 aromatic rings. The summed E-state index contributed by atoms with van der Waals surface area (Å²) >= 11 is 0. The van der Waals surface area contributed by atoms with E-state index in [1.54, 1.807) is 0 Å². The van der Waals surface area contributed by atoms with Crippen molar-refractivity contribution in [3.05, 3.63) is 0 Å². The van der Waals surface area contributed by atoms with Crippen LogP contribution < -0.4 is 32.3 Å². The smallest absolute Gasteiger partial charge is 0.217 e. The van der Waals surface area contributed by atoms with Crippen molar-refractivity contribution in [2.45, 2.75) is 391 Å². The number of carbonyl (C=O) groups is 5. The van der Waals surface area contributed by atoms with Crippen molar-refractivity contribution >= 4 is 29.5 Å². The van der Waals surface area contributed by atoms with E-state index < -0.39 is 440 Å². The second-order valence-corrected chi connectivity index (χ2v) is 36.4. The SMILES string of the molecule is CC(=O)NC1C(O)[C@H](O[C@@H]2OC(COO)[C@H](O)C(O)C2O)C(CO)O[C@H]1OC1C(O)[C@@H](O[C@@H]2OC(CO)[C@@H](O[C@@H]3OC(COO)[C@H](O)C(O)C3O)C(O)C2NC(C)=O)C(CO)O[C@H]1OC1C(O)[C@H](O[C@@H]2C(CO)O[C@@H](O[C@@H]3C(CO)O[C@@H](OCCCCCN)C(NC(C)=O)C3O)C(NC(C)=O)C2O)OC(CO[C@H]2OC(CO)[C@@H](O)[C@H](O)C2O[C@@H]2OC(CO)[C@@H](O[C@@H]3OC(CO)[C@H](O)C(O)C3O)C(O)C2NC(C)=O)[C@H]1O. The van der Waals surface area contributed by atoms with E-state index in [2.05, 4.69) is 36.4 Å². The van der Waals surface area contributed by atoms with E-state index in [1.165, 1.54) is 0 Å². The Morgan fingerprint density at radius 2 is 0.462 bits per heavy atom. The fourth-order valence-electron chi connectivity index (χ4n) is 18.7. The maximum atomic E-state index is 13.5. The van der Waals surface area contributed by atoms with Crippen LogP contribution >= 0.6 is 0 Å². The Balaban J connectivity index is 0.986. The zero-order chi connectivity index (χ0) is 106. The second-order valence-electron chi connectivity index (χ2n) is 36.4. The highest BCUT2D eigenvalue weighted by atomic mass is 17.1. The summed E-state index contributed by atoms with van der Waals surface area (Å²) in [5.41, 5.74) is 5.66. The Hall–Kier alpha value is -4.81. The summed E-state index contributed by atoms with van der Waals surface area (Å²) in [5.74, 6) is -4.82. The lowest BCUT2D eigenvalue weighted by molar-refractivity contribution is -0.407. The fraction of sp³-hybridized carbons (Fsp3) is 0.938. The lowest BCUT2D eigenvalue weighted by Crippen LogP contribution is -2.71. The van der Waals surface area contributed by atoms with Crippen molar-refractivity contribution in [2.24, 2.45) is 5.73 Å². The zero-order valence-electron chi connectivity index (χ0n) is 78.5. The number of unbranched alkanes of at least 4 members (excludes halogenated alkanes) is 2. The Kier molecular flexibility index (Phi) is 45.5. The van der Waals surface area contributed by atoms with Crippen LogP contribution in [0.4, 0.5) is 0 Å². The molecule has 11 fully saturated rings. The van der Waals surface area contributed by atoms with Gasteiger partial charge < -0.3 is 274 Å². The van der Waals surface area contributed by atoms with E-state index in [1.807, 2.05) is 0 Å². The monoisotopic (exact) mass is 2120 g/mol. The van der Waals surface area contributed by atoms with E-state index in [0.717, 1.165) is 34.6 Å². The highest BCUT2D eigenvalue weighted by Crippen LogP contribution is 2.43. The lowest BCUT2D eigenvalue weighted by atomic mass is 9.93. The molecule has 11 aliphatic heterocycles. The van der Waals surface area contributed by atoms with Crippen LogP contribution in [0.5, 0.6) is 0 Å². The topological polar surface area (TPSA) is 980 Å². The van der Waals surface area contributed by atoms with Gasteiger partial charge in [0, 0.05) is 41.2 Å². The minimum absolute atomic E-state index is 0.0219. The molecule has 840 valence electrons. The normalized spacial score (nSPS) is 46.9. The summed E-state index contributed by atoms with van der Waals surface area (Å²) in [6, 6.07) is -9.73. The van der Waals surface area contributed by atoms with Crippen LogP contribution in [0.3, 0.4) is 0 Å². The molecule has 64 heteroatoms. The first-order chi connectivity index (χ1) is 68.9. The van der Waals surface area contributed by atoms with Gasteiger partial charge in [-0.1, -0.05) is 0 Å². The first kappa shape index (κ1) is 120. The van der Waals surface area contributed by atoms with Gasteiger partial charge in [-0.15, -0.1) is 0 Å². The largest absolute Gasteiger partial charge is 0.394 e. The molecule has 64 nitrogen and oxygen atoms in total. The van der Waals surface area contributed by atoms with Crippen LogP contribution in [0.1, 0.15) is 53.9 Å². The van der Waals surface area contributed by atoms with Crippen molar-refractivity contribution < 1.29 is 286 Å². The van der Waals surface area contributed by atoms with Gasteiger partial charge in [-0.2, -0.15) is 0 Å². The van der Waals surface area contributed by atoms with Crippen LogP contribution in [0, 0.1) is 0 Å². The Labute approximate surface area is 822 Å². The molecule has 145 heavy (non-hydrogen) atoms. The molecule has 0 saturated carbocycles. The highest BCUT2D eigenvalue weighted by Gasteiger charge is 2.64. The molecule has 5 amide bonds. The van der Waals surface area contributed by atoms with Crippen molar-refractivity contribution in [2.75, 3.05) is 85.8 Å². The van der Waals surface area contributed by atoms with Crippen molar-refractivity contribution in [1.29, 1.82) is 0 Å². The molecule has 0 aliphatic carbocycles. The average molecular weight is 2120 g/mol.